The topological polar surface area (TPSA) is 9.23 Å². The fraction of sp³-hybridized carbons (Fsp3) is 0.636. The molecule has 0 unspecified atom stereocenters. The summed E-state index contributed by atoms with van der Waals surface area (Å²) < 4.78 is 5.70. The number of allylic oxidation sites excluding steroid dienone is 4. The Kier molecular flexibility index (Phi) is 2.77. The van der Waals surface area contributed by atoms with E-state index in [0.29, 0.717) is 0 Å². The van der Waals surface area contributed by atoms with Crippen molar-refractivity contribution < 1.29 is 4.74 Å². The molecule has 0 spiro atoms. The zero-order valence-electron chi connectivity index (χ0n) is 7.96. The summed E-state index contributed by atoms with van der Waals surface area (Å²) in [6, 6.07) is 0. The van der Waals surface area contributed by atoms with Crippen molar-refractivity contribution in [3.05, 3.63) is 23.4 Å². The van der Waals surface area contributed by atoms with Gasteiger partial charge in [-0.2, -0.15) is 0 Å². The lowest BCUT2D eigenvalue weighted by Gasteiger charge is -2.26. The van der Waals surface area contributed by atoms with Crippen LogP contribution in [0.25, 0.3) is 0 Å². The molecule has 0 N–H and O–H groups in total. The summed E-state index contributed by atoms with van der Waals surface area (Å²) in [6.07, 6.45) is 10.00. The Bertz CT molecular complexity index is 238. The van der Waals surface area contributed by atoms with E-state index in [2.05, 4.69) is 0 Å². The van der Waals surface area contributed by atoms with Crippen LogP contribution in [0.15, 0.2) is 23.4 Å². The summed E-state index contributed by atoms with van der Waals surface area (Å²) in [4.78, 5) is 0. The fourth-order valence-electron chi connectivity index (χ4n) is 1.64. The highest BCUT2D eigenvalue weighted by Gasteiger charge is 2.18. The van der Waals surface area contributed by atoms with E-state index in [1.807, 2.05) is 12.2 Å². The van der Waals surface area contributed by atoms with Crippen molar-refractivity contribution in [2.24, 2.45) is 5.92 Å². The zero-order chi connectivity index (χ0) is 9.10. The van der Waals surface area contributed by atoms with Gasteiger partial charge in [0.25, 0.3) is 0 Å². The van der Waals surface area contributed by atoms with Crippen LogP contribution in [0.1, 0.15) is 32.1 Å². The first-order valence-corrected chi connectivity index (χ1v) is 5.12. The quantitative estimate of drug-likeness (QED) is 0.597. The number of hydrogen-bond acceptors (Lipinski definition) is 1. The standard InChI is InChI=1S/C11H15BO/c12-10-4-6-11(7-5-10)13-8-9-2-1-3-9/h4,6,9H,1-3,5,7-8H2. The first-order valence-electron chi connectivity index (χ1n) is 5.12. The molecule has 1 saturated carbocycles. The van der Waals surface area contributed by atoms with E-state index >= 15 is 0 Å². The van der Waals surface area contributed by atoms with Gasteiger partial charge in [0.2, 0.25) is 0 Å². The summed E-state index contributed by atoms with van der Waals surface area (Å²) in [7, 11) is 5.65. The fourth-order valence-corrected chi connectivity index (χ4v) is 1.64. The zero-order valence-corrected chi connectivity index (χ0v) is 7.96. The van der Waals surface area contributed by atoms with Crippen LogP contribution in [-0.4, -0.2) is 14.5 Å². The molecule has 0 heterocycles. The lowest BCUT2D eigenvalue weighted by atomic mass is 9.86. The highest BCUT2D eigenvalue weighted by molar-refractivity contribution is 6.21. The van der Waals surface area contributed by atoms with Crippen LogP contribution in [0.3, 0.4) is 0 Å². The third-order valence-electron chi connectivity index (χ3n) is 2.87. The molecule has 2 aliphatic rings. The van der Waals surface area contributed by atoms with Crippen molar-refractivity contribution in [1.29, 1.82) is 0 Å². The van der Waals surface area contributed by atoms with E-state index in [9.17, 15) is 0 Å². The number of rotatable bonds is 3. The Morgan fingerprint density at radius 1 is 1.31 bits per heavy atom. The van der Waals surface area contributed by atoms with Crippen LogP contribution >= 0.6 is 0 Å². The molecule has 0 aromatic carbocycles. The lowest BCUT2D eigenvalue weighted by Crippen LogP contribution is -2.17. The second-order valence-electron chi connectivity index (χ2n) is 3.98. The van der Waals surface area contributed by atoms with Gasteiger partial charge < -0.3 is 4.74 Å². The molecule has 2 heteroatoms. The maximum atomic E-state index is 5.70. The van der Waals surface area contributed by atoms with Gasteiger partial charge in [0.05, 0.1) is 12.4 Å². The smallest absolute Gasteiger partial charge is 0.107 e. The van der Waals surface area contributed by atoms with Crippen LogP contribution in [-0.2, 0) is 4.74 Å². The molecule has 13 heavy (non-hydrogen) atoms. The molecule has 0 aromatic rings. The molecule has 1 nitrogen and oxygen atoms in total. The summed E-state index contributed by atoms with van der Waals surface area (Å²) in [5, 5.41) is 0. The Morgan fingerprint density at radius 2 is 2.15 bits per heavy atom. The predicted octanol–water partition coefficient (Wildman–Crippen LogP) is 2.53. The van der Waals surface area contributed by atoms with Gasteiger partial charge in [0, 0.05) is 6.42 Å². The maximum absolute atomic E-state index is 5.70. The SMILES string of the molecule is [B]C1=CC=C(OCC2CCC2)CC1. The summed E-state index contributed by atoms with van der Waals surface area (Å²) in [5.41, 5.74) is 0.969. The van der Waals surface area contributed by atoms with Crippen LogP contribution in [0.5, 0.6) is 0 Å². The Labute approximate surface area is 81.3 Å². The van der Waals surface area contributed by atoms with E-state index < -0.39 is 0 Å². The molecule has 0 atom stereocenters. The Morgan fingerprint density at radius 3 is 2.69 bits per heavy atom. The van der Waals surface area contributed by atoms with Gasteiger partial charge >= 0.3 is 0 Å². The van der Waals surface area contributed by atoms with Crippen molar-refractivity contribution in [3.8, 4) is 0 Å². The van der Waals surface area contributed by atoms with Gasteiger partial charge in [0.15, 0.2) is 0 Å². The molecule has 68 valence electrons. The van der Waals surface area contributed by atoms with Gasteiger partial charge in [0.1, 0.15) is 7.85 Å². The van der Waals surface area contributed by atoms with E-state index in [1.165, 1.54) is 19.3 Å². The normalized spacial score (nSPS) is 23.1. The predicted molar refractivity (Wildman–Crippen MR) is 54.4 cm³/mol. The van der Waals surface area contributed by atoms with Crippen molar-refractivity contribution in [2.45, 2.75) is 32.1 Å². The molecule has 2 aliphatic carbocycles. The molecule has 2 radical (unpaired) electrons. The molecule has 0 bridgehead atoms. The maximum Gasteiger partial charge on any atom is 0.107 e. The number of hydrogen-bond donors (Lipinski definition) is 0. The average Bonchev–Trinajstić information content (AvgIpc) is 2.05. The van der Waals surface area contributed by atoms with Crippen LogP contribution in [0.2, 0.25) is 0 Å². The number of ether oxygens (including phenoxy) is 1. The highest BCUT2D eigenvalue weighted by atomic mass is 16.5. The highest BCUT2D eigenvalue weighted by Crippen LogP contribution is 2.28. The molecular formula is C11H15BO. The second kappa shape index (κ2) is 4.04. The summed E-state index contributed by atoms with van der Waals surface area (Å²) in [6.45, 7) is 0.916. The second-order valence-corrected chi connectivity index (χ2v) is 3.98. The first-order chi connectivity index (χ1) is 6.34. The van der Waals surface area contributed by atoms with Crippen LogP contribution < -0.4 is 0 Å². The minimum Gasteiger partial charge on any atom is -0.498 e. The van der Waals surface area contributed by atoms with Crippen molar-refractivity contribution in [3.63, 3.8) is 0 Å². The van der Waals surface area contributed by atoms with Crippen molar-refractivity contribution >= 4 is 7.85 Å². The molecule has 0 amide bonds. The summed E-state index contributed by atoms with van der Waals surface area (Å²) >= 11 is 0. The third-order valence-corrected chi connectivity index (χ3v) is 2.87. The van der Waals surface area contributed by atoms with E-state index in [-0.39, 0.29) is 0 Å². The Hall–Kier alpha value is -0.655. The molecule has 0 aromatic heterocycles. The van der Waals surface area contributed by atoms with Crippen LogP contribution in [0.4, 0.5) is 0 Å². The van der Waals surface area contributed by atoms with Gasteiger partial charge in [-0.3, -0.25) is 0 Å². The minimum absolute atomic E-state index is 0.823. The average molecular weight is 174 g/mol. The van der Waals surface area contributed by atoms with Gasteiger partial charge in [-0.15, -0.1) is 5.47 Å². The lowest BCUT2D eigenvalue weighted by molar-refractivity contribution is 0.116. The Balaban J connectivity index is 1.75. The third kappa shape index (κ3) is 2.39. The van der Waals surface area contributed by atoms with E-state index in [0.717, 1.165) is 36.6 Å². The largest absolute Gasteiger partial charge is 0.498 e. The van der Waals surface area contributed by atoms with E-state index in [4.69, 9.17) is 12.6 Å². The van der Waals surface area contributed by atoms with Crippen molar-refractivity contribution in [2.75, 3.05) is 6.61 Å². The first kappa shape index (κ1) is 8.92. The summed E-state index contributed by atoms with van der Waals surface area (Å²) in [5.74, 6) is 1.94. The molecular weight excluding hydrogens is 159 g/mol. The van der Waals surface area contributed by atoms with Gasteiger partial charge in [-0.25, -0.2) is 0 Å². The molecule has 0 saturated heterocycles. The molecule has 0 aliphatic heterocycles. The monoisotopic (exact) mass is 174 g/mol. The van der Waals surface area contributed by atoms with Crippen LogP contribution in [0, 0.1) is 5.92 Å². The van der Waals surface area contributed by atoms with E-state index in [1.54, 1.807) is 0 Å². The van der Waals surface area contributed by atoms with Gasteiger partial charge in [-0.1, -0.05) is 12.5 Å². The molecule has 1 fully saturated rings. The minimum atomic E-state index is 0.823. The molecule has 2 rings (SSSR count). The van der Waals surface area contributed by atoms with Crippen molar-refractivity contribution in [1.82, 2.24) is 0 Å². The van der Waals surface area contributed by atoms with Gasteiger partial charge in [-0.05, 0) is 31.3 Å².